The fourth-order valence-electron chi connectivity index (χ4n) is 1.88. The molecule has 0 aliphatic carbocycles. The highest BCUT2D eigenvalue weighted by Gasteiger charge is 2.09. The van der Waals surface area contributed by atoms with Crippen molar-refractivity contribution in [3.63, 3.8) is 0 Å². The van der Waals surface area contributed by atoms with Crippen molar-refractivity contribution in [3.05, 3.63) is 70.0 Å². The minimum atomic E-state index is -0.235. The van der Waals surface area contributed by atoms with Gasteiger partial charge in [0.1, 0.15) is 5.82 Å². The fraction of sp³-hybridized carbons (Fsp3) is 0.200. The average Bonchev–Trinajstić information content (AvgIpc) is 2.32. The van der Waals surface area contributed by atoms with Crippen molar-refractivity contribution < 1.29 is 4.39 Å². The Morgan fingerprint density at radius 2 is 2.00 bits per heavy atom. The average molecular weight is 264 g/mol. The van der Waals surface area contributed by atoms with Crippen molar-refractivity contribution in [3.8, 4) is 0 Å². The molecule has 2 aromatic carbocycles. The molecule has 1 atom stereocenters. The second-order valence-electron chi connectivity index (χ2n) is 4.45. The lowest BCUT2D eigenvalue weighted by Crippen LogP contribution is -2.13. The largest absolute Gasteiger partial charge is 0.324 e. The lowest BCUT2D eigenvalue weighted by atomic mass is 9.99. The molecular weight excluding hydrogens is 249 g/mol. The molecule has 2 aromatic rings. The van der Waals surface area contributed by atoms with Gasteiger partial charge in [-0.1, -0.05) is 35.9 Å². The Labute approximate surface area is 111 Å². The summed E-state index contributed by atoms with van der Waals surface area (Å²) in [6.07, 6.45) is 0.594. The molecule has 0 aliphatic heterocycles. The van der Waals surface area contributed by atoms with E-state index in [-0.39, 0.29) is 11.9 Å². The van der Waals surface area contributed by atoms with Gasteiger partial charge in [-0.25, -0.2) is 4.39 Å². The van der Waals surface area contributed by atoms with E-state index in [0.717, 1.165) is 16.7 Å². The Bertz CT molecular complexity index is 554. The maximum Gasteiger partial charge on any atom is 0.123 e. The molecule has 0 aromatic heterocycles. The lowest BCUT2D eigenvalue weighted by molar-refractivity contribution is 0.622. The monoisotopic (exact) mass is 263 g/mol. The third-order valence-electron chi connectivity index (χ3n) is 2.97. The van der Waals surface area contributed by atoms with Gasteiger partial charge in [-0.15, -0.1) is 0 Å². The lowest BCUT2D eigenvalue weighted by Gasteiger charge is -2.13. The molecule has 3 heteroatoms. The van der Waals surface area contributed by atoms with E-state index in [0.29, 0.717) is 11.4 Å². The number of aryl methyl sites for hydroxylation is 1. The second kappa shape index (κ2) is 5.51. The van der Waals surface area contributed by atoms with Gasteiger partial charge < -0.3 is 5.73 Å². The predicted octanol–water partition coefficient (Wildman–Crippen LogP) is 4.03. The van der Waals surface area contributed by atoms with E-state index in [9.17, 15) is 4.39 Å². The van der Waals surface area contributed by atoms with E-state index in [1.165, 1.54) is 12.1 Å². The highest BCUT2D eigenvalue weighted by Crippen LogP contribution is 2.22. The topological polar surface area (TPSA) is 26.0 Å². The minimum Gasteiger partial charge on any atom is -0.324 e. The number of hydrogen-bond acceptors (Lipinski definition) is 1. The van der Waals surface area contributed by atoms with Gasteiger partial charge in [0.05, 0.1) is 0 Å². The Morgan fingerprint density at radius 3 is 2.67 bits per heavy atom. The predicted molar refractivity (Wildman–Crippen MR) is 73.2 cm³/mol. The van der Waals surface area contributed by atoms with Crippen molar-refractivity contribution >= 4 is 11.6 Å². The van der Waals surface area contributed by atoms with Crippen molar-refractivity contribution in [1.29, 1.82) is 0 Å². The van der Waals surface area contributed by atoms with E-state index < -0.39 is 0 Å². The summed E-state index contributed by atoms with van der Waals surface area (Å²) in [7, 11) is 0. The molecule has 2 rings (SSSR count). The highest BCUT2D eigenvalue weighted by atomic mass is 35.5. The van der Waals surface area contributed by atoms with Gasteiger partial charge in [0, 0.05) is 11.1 Å². The summed E-state index contributed by atoms with van der Waals surface area (Å²) in [5, 5.41) is 0.710. The smallest absolute Gasteiger partial charge is 0.123 e. The summed E-state index contributed by atoms with van der Waals surface area (Å²) < 4.78 is 13.1. The molecule has 1 nitrogen and oxygen atoms in total. The van der Waals surface area contributed by atoms with E-state index in [4.69, 9.17) is 17.3 Å². The summed E-state index contributed by atoms with van der Waals surface area (Å²) in [4.78, 5) is 0. The zero-order valence-electron chi connectivity index (χ0n) is 10.2. The molecule has 0 amide bonds. The van der Waals surface area contributed by atoms with Crippen LogP contribution in [0.5, 0.6) is 0 Å². The van der Waals surface area contributed by atoms with Crippen LogP contribution in [0.1, 0.15) is 22.7 Å². The maximum atomic E-state index is 13.1. The third kappa shape index (κ3) is 3.09. The van der Waals surface area contributed by atoms with Gasteiger partial charge in [-0.05, 0) is 48.2 Å². The fourth-order valence-corrected chi connectivity index (χ4v) is 2.06. The van der Waals surface area contributed by atoms with Crippen LogP contribution in [-0.4, -0.2) is 0 Å². The quantitative estimate of drug-likeness (QED) is 0.889. The molecule has 18 heavy (non-hydrogen) atoms. The Morgan fingerprint density at radius 1 is 1.22 bits per heavy atom. The van der Waals surface area contributed by atoms with Gasteiger partial charge in [0.25, 0.3) is 0 Å². The van der Waals surface area contributed by atoms with Crippen LogP contribution in [0.4, 0.5) is 4.39 Å². The Hall–Kier alpha value is -1.38. The molecule has 0 aliphatic rings. The van der Waals surface area contributed by atoms with Gasteiger partial charge in [0.2, 0.25) is 0 Å². The maximum absolute atomic E-state index is 13.1. The molecule has 0 saturated heterocycles. The van der Waals surface area contributed by atoms with Crippen LogP contribution in [0.25, 0.3) is 0 Å². The summed E-state index contributed by atoms with van der Waals surface area (Å²) in [5.41, 5.74) is 9.00. The Kier molecular flexibility index (Phi) is 4.00. The molecule has 0 saturated carbocycles. The molecule has 0 radical (unpaired) electrons. The molecule has 1 unspecified atom stereocenters. The summed E-state index contributed by atoms with van der Waals surface area (Å²) in [5.74, 6) is -0.235. The third-order valence-corrected chi connectivity index (χ3v) is 3.38. The molecule has 0 bridgehead atoms. The number of nitrogens with two attached hydrogens (primary N) is 1. The van der Waals surface area contributed by atoms with Gasteiger partial charge in [-0.2, -0.15) is 0 Å². The van der Waals surface area contributed by atoms with E-state index in [1.807, 2.05) is 31.2 Å². The van der Waals surface area contributed by atoms with E-state index in [1.54, 1.807) is 6.07 Å². The minimum absolute atomic E-state index is 0.176. The first-order valence-corrected chi connectivity index (χ1v) is 6.20. The summed E-state index contributed by atoms with van der Waals surface area (Å²) >= 11 is 6.07. The summed E-state index contributed by atoms with van der Waals surface area (Å²) in [6, 6.07) is 12.1. The second-order valence-corrected chi connectivity index (χ2v) is 4.86. The number of halogens is 2. The van der Waals surface area contributed by atoms with Gasteiger partial charge >= 0.3 is 0 Å². The zero-order chi connectivity index (χ0) is 13.1. The van der Waals surface area contributed by atoms with Crippen LogP contribution in [0.2, 0.25) is 5.02 Å². The summed E-state index contributed by atoms with van der Waals surface area (Å²) in [6.45, 7) is 1.95. The van der Waals surface area contributed by atoms with Crippen molar-refractivity contribution in [2.45, 2.75) is 19.4 Å². The Balaban J connectivity index is 2.16. The molecule has 94 valence electrons. The van der Waals surface area contributed by atoms with Crippen LogP contribution < -0.4 is 5.73 Å². The number of benzene rings is 2. The first-order valence-electron chi connectivity index (χ1n) is 5.82. The zero-order valence-corrected chi connectivity index (χ0v) is 10.9. The van der Waals surface area contributed by atoms with Crippen LogP contribution >= 0.6 is 11.6 Å². The molecule has 2 N–H and O–H groups in total. The van der Waals surface area contributed by atoms with Crippen LogP contribution in [0, 0.1) is 12.7 Å². The first kappa shape index (κ1) is 13.1. The SMILES string of the molecule is Cc1ccc(C(N)Cc2cccc(F)c2)cc1Cl. The molecular formula is C15H15ClFN. The van der Waals surface area contributed by atoms with Crippen molar-refractivity contribution in [2.24, 2.45) is 5.73 Å². The molecule has 0 spiro atoms. The van der Waals surface area contributed by atoms with E-state index in [2.05, 4.69) is 0 Å². The highest BCUT2D eigenvalue weighted by molar-refractivity contribution is 6.31. The molecule has 0 heterocycles. The van der Waals surface area contributed by atoms with Crippen LogP contribution in [0.15, 0.2) is 42.5 Å². The van der Waals surface area contributed by atoms with Crippen molar-refractivity contribution in [2.75, 3.05) is 0 Å². The van der Waals surface area contributed by atoms with E-state index >= 15 is 0 Å². The van der Waals surface area contributed by atoms with Gasteiger partial charge in [-0.3, -0.25) is 0 Å². The number of hydrogen-bond donors (Lipinski definition) is 1. The van der Waals surface area contributed by atoms with Gasteiger partial charge in [0.15, 0.2) is 0 Å². The number of rotatable bonds is 3. The van der Waals surface area contributed by atoms with Crippen LogP contribution in [-0.2, 0) is 6.42 Å². The van der Waals surface area contributed by atoms with Crippen LogP contribution in [0.3, 0.4) is 0 Å². The standard InChI is InChI=1S/C15H15ClFN/c1-10-5-6-12(9-14(10)16)15(18)8-11-3-2-4-13(17)7-11/h2-7,9,15H,8,18H2,1H3. The van der Waals surface area contributed by atoms with Crippen molar-refractivity contribution in [1.82, 2.24) is 0 Å². The molecule has 0 fully saturated rings. The normalized spacial score (nSPS) is 12.4. The first-order chi connectivity index (χ1) is 8.56.